The molecule has 1 aliphatic rings. The molecule has 0 bridgehead atoms. The lowest BCUT2D eigenvalue weighted by Gasteiger charge is -2.37. The largest absolute Gasteiger partial charge is 0.389 e. The van der Waals surface area contributed by atoms with Crippen LogP contribution in [0.3, 0.4) is 0 Å². The van der Waals surface area contributed by atoms with Gasteiger partial charge in [-0.25, -0.2) is 9.37 Å². The number of fused-ring (bicyclic) bond motifs is 3. The molecule has 4 rings (SSSR count). The third-order valence-corrected chi connectivity index (χ3v) is 4.27. The van der Waals surface area contributed by atoms with Gasteiger partial charge < -0.3 is 10.0 Å². The molecule has 0 unspecified atom stereocenters. The predicted octanol–water partition coefficient (Wildman–Crippen LogP) is 2.57. The number of hydrogen-bond donors (Lipinski definition) is 1. The van der Waals surface area contributed by atoms with Crippen molar-refractivity contribution in [3.05, 3.63) is 40.8 Å². The maximum absolute atomic E-state index is 13.6. The van der Waals surface area contributed by atoms with Gasteiger partial charge in [-0.3, -0.25) is 4.40 Å². The van der Waals surface area contributed by atoms with Gasteiger partial charge in [-0.2, -0.15) is 0 Å². The van der Waals surface area contributed by atoms with Gasteiger partial charge in [-0.05, 0) is 28.1 Å². The molecule has 3 aromatic rings. The lowest BCUT2D eigenvalue weighted by Crippen LogP contribution is -2.50. The highest BCUT2D eigenvalue weighted by molar-refractivity contribution is 9.10. The number of imidazole rings is 1. The predicted molar refractivity (Wildman–Crippen MR) is 78.6 cm³/mol. The Balaban J connectivity index is 1.88. The van der Waals surface area contributed by atoms with Crippen molar-refractivity contribution in [2.24, 2.45) is 0 Å². The molecule has 0 aliphatic carbocycles. The average molecular weight is 336 g/mol. The van der Waals surface area contributed by atoms with Crippen molar-refractivity contribution in [3.8, 4) is 0 Å². The zero-order chi connectivity index (χ0) is 13.9. The van der Waals surface area contributed by atoms with Crippen LogP contribution in [0.15, 0.2) is 34.9 Å². The Hall–Kier alpha value is -1.66. The van der Waals surface area contributed by atoms with Crippen LogP contribution in [0.2, 0.25) is 0 Å². The second kappa shape index (κ2) is 4.17. The second-order valence-electron chi connectivity index (χ2n) is 5.04. The Kier molecular flexibility index (Phi) is 2.52. The first-order valence-electron chi connectivity index (χ1n) is 6.32. The number of aromatic nitrogens is 2. The Bertz CT molecular complexity index is 826. The molecule has 20 heavy (non-hydrogen) atoms. The highest BCUT2D eigenvalue weighted by Gasteiger charge is 2.24. The summed E-state index contributed by atoms with van der Waals surface area (Å²) in [5, 5.41) is 9.36. The van der Waals surface area contributed by atoms with Gasteiger partial charge in [0.25, 0.3) is 0 Å². The normalized spacial score (nSPS) is 16.1. The summed E-state index contributed by atoms with van der Waals surface area (Å²) in [5.74, 6) is -0.297. The lowest BCUT2D eigenvalue weighted by molar-refractivity contribution is 0.142. The van der Waals surface area contributed by atoms with E-state index in [0.29, 0.717) is 17.6 Å². The van der Waals surface area contributed by atoms with Gasteiger partial charge in [0.15, 0.2) is 0 Å². The topological polar surface area (TPSA) is 40.8 Å². The van der Waals surface area contributed by atoms with Crippen LogP contribution in [0, 0.1) is 5.82 Å². The van der Waals surface area contributed by atoms with Gasteiger partial charge in [0, 0.05) is 37.1 Å². The van der Waals surface area contributed by atoms with Crippen LogP contribution >= 0.6 is 15.9 Å². The SMILES string of the molecule is OC1CN(c2ccn3c(c2)nc2cc(Br)c(F)cc23)C1. The molecule has 1 aliphatic heterocycles. The van der Waals surface area contributed by atoms with E-state index in [-0.39, 0.29) is 11.9 Å². The van der Waals surface area contributed by atoms with E-state index >= 15 is 0 Å². The van der Waals surface area contributed by atoms with Crippen molar-refractivity contribution in [2.45, 2.75) is 6.10 Å². The second-order valence-corrected chi connectivity index (χ2v) is 5.89. The Labute approximate surface area is 122 Å². The molecular formula is C14H11BrFN3O. The first kappa shape index (κ1) is 12.1. The van der Waals surface area contributed by atoms with E-state index in [1.807, 2.05) is 22.7 Å². The summed E-state index contributed by atoms with van der Waals surface area (Å²) in [5.41, 5.74) is 3.30. The quantitative estimate of drug-likeness (QED) is 0.743. The monoisotopic (exact) mass is 335 g/mol. The Morgan fingerprint density at radius 1 is 1.30 bits per heavy atom. The van der Waals surface area contributed by atoms with Crippen LogP contribution in [0.25, 0.3) is 16.7 Å². The van der Waals surface area contributed by atoms with Gasteiger partial charge in [0.05, 0.1) is 21.6 Å². The van der Waals surface area contributed by atoms with E-state index in [4.69, 9.17) is 0 Å². The van der Waals surface area contributed by atoms with Gasteiger partial charge >= 0.3 is 0 Å². The van der Waals surface area contributed by atoms with Crippen LogP contribution in [0.1, 0.15) is 0 Å². The molecule has 1 N–H and O–H groups in total. The van der Waals surface area contributed by atoms with Gasteiger partial charge in [-0.15, -0.1) is 0 Å². The standard InChI is InChI=1S/C14H11BrFN3O/c15-10-4-12-13(5-11(10)16)19-2-1-8(3-14(19)17-12)18-6-9(20)7-18/h1-5,9,20H,6-7H2. The number of aliphatic hydroxyl groups is 1. The summed E-state index contributed by atoms with van der Waals surface area (Å²) in [6, 6.07) is 7.08. The number of benzene rings is 1. The zero-order valence-electron chi connectivity index (χ0n) is 10.4. The maximum atomic E-state index is 13.6. The van der Waals surface area contributed by atoms with E-state index in [2.05, 4.69) is 25.8 Å². The molecule has 1 saturated heterocycles. The minimum atomic E-state index is -0.297. The molecular weight excluding hydrogens is 325 g/mol. The highest BCUT2D eigenvalue weighted by atomic mass is 79.9. The highest BCUT2D eigenvalue weighted by Crippen LogP contribution is 2.27. The molecule has 2 aromatic heterocycles. The van der Waals surface area contributed by atoms with Gasteiger partial charge in [0.1, 0.15) is 11.5 Å². The van der Waals surface area contributed by atoms with Crippen molar-refractivity contribution in [1.82, 2.24) is 9.38 Å². The summed E-state index contributed by atoms with van der Waals surface area (Å²) >= 11 is 3.18. The molecule has 3 heterocycles. The summed E-state index contributed by atoms with van der Waals surface area (Å²) in [7, 11) is 0. The number of hydrogen-bond acceptors (Lipinski definition) is 3. The molecule has 102 valence electrons. The van der Waals surface area contributed by atoms with E-state index in [1.165, 1.54) is 6.07 Å². The van der Waals surface area contributed by atoms with E-state index in [0.717, 1.165) is 22.4 Å². The lowest BCUT2D eigenvalue weighted by atomic mass is 10.1. The molecule has 0 radical (unpaired) electrons. The molecule has 1 aromatic carbocycles. The number of β-amino-alcohol motifs (C(OH)–C–C–N with tert-alkyl or cyclic N) is 1. The number of anilines is 1. The number of pyridine rings is 1. The number of nitrogens with zero attached hydrogens (tertiary/aromatic N) is 3. The van der Waals surface area contributed by atoms with Gasteiger partial charge in [0.2, 0.25) is 0 Å². The van der Waals surface area contributed by atoms with Crippen LogP contribution < -0.4 is 4.90 Å². The van der Waals surface area contributed by atoms with Crippen molar-refractivity contribution in [1.29, 1.82) is 0 Å². The van der Waals surface area contributed by atoms with E-state index < -0.39 is 0 Å². The average Bonchev–Trinajstić information content (AvgIpc) is 2.72. The van der Waals surface area contributed by atoms with Crippen LogP contribution in [0.5, 0.6) is 0 Å². The Morgan fingerprint density at radius 2 is 2.10 bits per heavy atom. The number of rotatable bonds is 1. The maximum Gasteiger partial charge on any atom is 0.139 e. The van der Waals surface area contributed by atoms with Crippen molar-refractivity contribution >= 4 is 38.3 Å². The third-order valence-electron chi connectivity index (χ3n) is 3.66. The minimum absolute atomic E-state index is 0.241. The summed E-state index contributed by atoms with van der Waals surface area (Å²) in [6.45, 7) is 1.30. The smallest absolute Gasteiger partial charge is 0.139 e. The number of aliphatic hydroxyl groups excluding tert-OH is 1. The van der Waals surface area contributed by atoms with Crippen LogP contribution in [0.4, 0.5) is 10.1 Å². The molecule has 4 nitrogen and oxygen atoms in total. The summed E-state index contributed by atoms with van der Waals surface area (Å²) in [4.78, 5) is 6.60. The van der Waals surface area contributed by atoms with Crippen molar-refractivity contribution in [2.75, 3.05) is 18.0 Å². The van der Waals surface area contributed by atoms with Crippen molar-refractivity contribution in [3.63, 3.8) is 0 Å². The molecule has 1 fully saturated rings. The van der Waals surface area contributed by atoms with Gasteiger partial charge in [-0.1, -0.05) is 0 Å². The molecule has 0 amide bonds. The van der Waals surface area contributed by atoms with E-state index in [9.17, 15) is 9.50 Å². The minimum Gasteiger partial charge on any atom is -0.389 e. The van der Waals surface area contributed by atoms with Crippen molar-refractivity contribution < 1.29 is 9.50 Å². The molecule has 0 atom stereocenters. The molecule has 0 saturated carbocycles. The first-order valence-corrected chi connectivity index (χ1v) is 7.11. The molecule has 0 spiro atoms. The summed E-state index contributed by atoms with van der Waals surface area (Å²) < 4.78 is 15.9. The fourth-order valence-electron chi connectivity index (χ4n) is 2.56. The molecule has 6 heteroatoms. The van der Waals surface area contributed by atoms with Crippen LogP contribution in [-0.4, -0.2) is 33.7 Å². The zero-order valence-corrected chi connectivity index (χ0v) is 12.0. The fourth-order valence-corrected chi connectivity index (χ4v) is 2.89. The number of halogens is 2. The summed E-state index contributed by atoms with van der Waals surface area (Å²) in [6.07, 6.45) is 1.65. The van der Waals surface area contributed by atoms with Crippen LogP contribution in [-0.2, 0) is 0 Å². The Morgan fingerprint density at radius 3 is 2.85 bits per heavy atom. The fraction of sp³-hybridized carbons (Fsp3) is 0.214. The van der Waals surface area contributed by atoms with E-state index in [1.54, 1.807) is 6.07 Å². The first-order chi connectivity index (χ1) is 9.61. The third kappa shape index (κ3) is 1.72.